The average molecular weight is 555 g/mol. The first kappa shape index (κ1) is 26.8. The number of nitrogens with one attached hydrogen (secondary N) is 1. The van der Waals surface area contributed by atoms with Crippen molar-refractivity contribution in [2.75, 3.05) is 26.1 Å². The van der Waals surface area contributed by atoms with Gasteiger partial charge < -0.3 is 19.0 Å². The minimum Gasteiger partial charge on any atom is -0.497 e. The number of ether oxygens (including phenoxy) is 2. The third kappa shape index (κ3) is 6.15. The molecule has 38 heavy (non-hydrogen) atoms. The van der Waals surface area contributed by atoms with E-state index in [-0.39, 0.29) is 21.3 Å². The predicted molar refractivity (Wildman–Crippen MR) is 142 cm³/mol. The van der Waals surface area contributed by atoms with Crippen LogP contribution in [0.2, 0.25) is 0 Å². The van der Waals surface area contributed by atoms with Crippen molar-refractivity contribution in [1.29, 1.82) is 0 Å². The number of amides is 3. The van der Waals surface area contributed by atoms with Crippen LogP contribution in [0.15, 0.2) is 82.6 Å². The van der Waals surface area contributed by atoms with Gasteiger partial charge in [0.05, 0.1) is 19.1 Å². The Morgan fingerprint density at radius 1 is 0.947 bits per heavy atom. The maximum Gasteiger partial charge on any atom is 0.339 e. The first-order valence-corrected chi connectivity index (χ1v) is 13.3. The predicted octanol–water partition coefficient (Wildman–Crippen LogP) is 4.15. The summed E-state index contributed by atoms with van der Waals surface area (Å²) in [7, 11) is -1.36. The molecule has 0 atom stereocenters. The third-order valence-corrected chi connectivity index (χ3v) is 7.42. The van der Waals surface area contributed by atoms with E-state index in [1.54, 1.807) is 30.3 Å². The molecule has 4 rings (SSSR count). The largest absolute Gasteiger partial charge is 0.497 e. The maximum atomic E-state index is 12.8. The van der Waals surface area contributed by atoms with E-state index >= 15 is 0 Å². The van der Waals surface area contributed by atoms with E-state index in [1.165, 1.54) is 62.8 Å². The molecule has 0 spiro atoms. The number of hydrogen-bond acceptors (Lipinski definition) is 9. The fourth-order valence-corrected chi connectivity index (χ4v) is 5.18. The number of carbonyl (C=O) groups is 3. The minimum absolute atomic E-state index is 0.0637. The molecule has 0 unspecified atom stereocenters. The van der Waals surface area contributed by atoms with E-state index in [0.717, 1.165) is 4.90 Å². The van der Waals surface area contributed by atoms with Gasteiger partial charge in [-0.25, -0.2) is 0 Å². The van der Waals surface area contributed by atoms with Crippen LogP contribution in [0.25, 0.3) is 6.08 Å². The van der Waals surface area contributed by atoms with Gasteiger partial charge in [0.15, 0.2) is 11.5 Å². The number of methoxy groups -OCH3 is 2. The zero-order valence-corrected chi connectivity index (χ0v) is 21.9. The lowest BCUT2D eigenvalue weighted by atomic mass is 10.2. The lowest BCUT2D eigenvalue weighted by Crippen LogP contribution is -2.36. The van der Waals surface area contributed by atoms with Crippen molar-refractivity contribution in [2.24, 2.45) is 0 Å². The van der Waals surface area contributed by atoms with E-state index < -0.39 is 33.7 Å². The topological polar surface area (TPSA) is 128 Å². The second kappa shape index (κ2) is 11.4. The quantitative estimate of drug-likeness (QED) is 0.306. The van der Waals surface area contributed by atoms with Crippen LogP contribution >= 0.6 is 11.8 Å². The summed E-state index contributed by atoms with van der Waals surface area (Å²) in [4.78, 5) is 38.4. The number of rotatable bonds is 9. The fourth-order valence-electron chi connectivity index (χ4n) is 3.40. The molecule has 0 saturated carbocycles. The molecule has 196 valence electrons. The zero-order chi connectivity index (χ0) is 27.3. The number of nitrogens with zero attached hydrogens (tertiary/aromatic N) is 1. The average Bonchev–Trinajstić information content (AvgIpc) is 3.17. The molecule has 1 saturated heterocycles. The maximum absolute atomic E-state index is 12.8. The van der Waals surface area contributed by atoms with Crippen molar-refractivity contribution in [2.45, 2.75) is 4.90 Å². The highest BCUT2D eigenvalue weighted by Crippen LogP contribution is 2.35. The number of imide groups is 1. The van der Waals surface area contributed by atoms with Crippen LogP contribution in [0.4, 0.5) is 10.5 Å². The highest BCUT2D eigenvalue weighted by atomic mass is 32.2. The van der Waals surface area contributed by atoms with Crippen LogP contribution in [0, 0.1) is 0 Å². The molecule has 1 N–H and O–H groups in total. The number of anilines is 1. The first-order valence-electron chi connectivity index (χ1n) is 11.1. The van der Waals surface area contributed by atoms with Crippen molar-refractivity contribution in [3.8, 4) is 17.2 Å². The van der Waals surface area contributed by atoms with Crippen LogP contribution in [0.1, 0.15) is 5.56 Å². The molecule has 0 aromatic heterocycles. The van der Waals surface area contributed by atoms with Crippen LogP contribution < -0.4 is 19.0 Å². The summed E-state index contributed by atoms with van der Waals surface area (Å²) in [5, 5.41) is 2.05. The zero-order valence-electron chi connectivity index (χ0n) is 20.2. The molecule has 10 nitrogen and oxygen atoms in total. The molecule has 1 aliphatic heterocycles. The molecule has 12 heteroatoms. The van der Waals surface area contributed by atoms with E-state index in [4.69, 9.17) is 13.7 Å². The summed E-state index contributed by atoms with van der Waals surface area (Å²) in [6, 6.07) is 18.7. The Balaban J connectivity index is 1.48. The number of benzene rings is 3. The van der Waals surface area contributed by atoms with Gasteiger partial charge in [0.1, 0.15) is 17.2 Å². The lowest BCUT2D eigenvalue weighted by molar-refractivity contribution is -0.127. The Labute approximate surface area is 223 Å². The van der Waals surface area contributed by atoms with Gasteiger partial charge in [-0.2, -0.15) is 8.42 Å². The summed E-state index contributed by atoms with van der Waals surface area (Å²) in [5.41, 5.74) is 0.999. The Morgan fingerprint density at radius 3 is 2.32 bits per heavy atom. The number of para-hydroxylation sites is 1. The molecule has 0 bridgehead atoms. The van der Waals surface area contributed by atoms with E-state index in [2.05, 4.69) is 5.32 Å². The summed E-state index contributed by atoms with van der Waals surface area (Å²) in [6.07, 6.45) is 1.45. The van der Waals surface area contributed by atoms with Crippen molar-refractivity contribution in [3.05, 3.63) is 83.3 Å². The van der Waals surface area contributed by atoms with Crippen molar-refractivity contribution in [1.82, 2.24) is 4.90 Å². The van der Waals surface area contributed by atoms with Crippen molar-refractivity contribution in [3.63, 3.8) is 0 Å². The normalized spacial score (nSPS) is 14.5. The fraction of sp³-hybridized carbons (Fsp3) is 0.115. The summed E-state index contributed by atoms with van der Waals surface area (Å²) in [5.74, 6) is -0.610. The summed E-state index contributed by atoms with van der Waals surface area (Å²) in [6.45, 7) is -0.434. The molecule has 3 aromatic rings. The second-order valence-corrected chi connectivity index (χ2v) is 10.3. The SMILES string of the molecule is COc1ccc(S(=O)(=O)Oc2ccc(/C=C3\SC(=O)N(CC(=O)Nc4ccccc4)C3=O)cc2OC)cc1. The van der Waals surface area contributed by atoms with Gasteiger partial charge in [-0.1, -0.05) is 24.3 Å². The monoisotopic (exact) mass is 554 g/mol. The Kier molecular flexibility index (Phi) is 8.03. The number of thioether (sulfide) groups is 1. The van der Waals surface area contributed by atoms with Gasteiger partial charge in [-0.3, -0.25) is 19.3 Å². The highest BCUT2D eigenvalue weighted by Gasteiger charge is 2.36. The van der Waals surface area contributed by atoms with Gasteiger partial charge in [-0.15, -0.1) is 0 Å². The minimum atomic E-state index is -4.16. The lowest BCUT2D eigenvalue weighted by Gasteiger charge is -2.12. The first-order chi connectivity index (χ1) is 18.2. The molecule has 0 aliphatic carbocycles. The van der Waals surface area contributed by atoms with Crippen LogP contribution in [-0.2, 0) is 19.7 Å². The van der Waals surface area contributed by atoms with Crippen LogP contribution in [-0.4, -0.2) is 51.1 Å². The Bertz CT molecular complexity index is 1500. The van der Waals surface area contributed by atoms with Crippen LogP contribution in [0.3, 0.4) is 0 Å². The van der Waals surface area contributed by atoms with Crippen molar-refractivity contribution < 1.29 is 36.5 Å². The van der Waals surface area contributed by atoms with Gasteiger partial charge in [-0.05, 0) is 71.9 Å². The van der Waals surface area contributed by atoms with E-state index in [1.807, 2.05) is 0 Å². The standard InChI is InChI=1S/C26H22N2O8S2/c1-34-19-9-11-20(12-10-19)38(32,33)36-21-13-8-17(14-22(21)35-2)15-23-25(30)28(26(31)37-23)16-24(29)27-18-6-4-3-5-7-18/h3-15H,16H2,1-2H3,(H,27,29)/b23-15-. The Morgan fingerprint density at radius 2 is 1.66 bits per heavy atom. The third-order valence-electron chi connectivity index (χ3n) is 5.27. The molecule has 3 amide bonds. The second-order valence-electron chi connectivity index (χ2n) is 7.81. The molecular weight excluding hydrogens is 532 g/mol. The molecule has 1 aliphatic rings. The summed E-state index contributed by atoms with van der Waals surface area (Å²) >= 11 is 0.693. The van der Waals surface area contributed by atoms with E-state index in [0.29, 0.717) is 28.8 Å². The molecule has 0 radical (unpaired) electrons. The van der Waals surface area contributed by atoms with Crippen LogP contribution in [0.5, 0.6) is 17.2 Å². The van der Waals surface area contributed by atoms with Gasteiger partial charge >= 0.3 is 10.1 Å². The van der Waals surface area contributed by atoms with Gasteiger partial charge in [0, 0.05) is 5.69 Å². The Hall–Kier alpha value is -4.29. The molecule has 1 fully saturated rings. The van der Waals surface area contributed by atoms with Gasteiger partial charge in [0.25, 0.3) is 11.1 Å². The van der Waals surface area contributed by atoms with E-state index in [9.17, 15) is 22.8 Å². The number of carbonyl (C=O) groups excluding carboxylic acids is 3. The molecular formula is C26H22N2O8S2. The molecule has 3 aromatic carbocycles. The molecule has 1 heterocycles. The highest BCUT2D eigenvalue weighted by molar-refractivity contribution is 8.18. The van der Waals surface area contributed by atoms with Crippen molar-refractivity contribution >= 4 is 50.7 Å². The van der Waals surface area contributed by atoms with Gasteiger partial charge in [0.2, 0.25) is 5.91 Å². The smallest absolute Gasteiger partial charge is 0.339 e. The number of hydrogen-bond donors (Lipinski definition) is 1. The summed E-state index contributed by atoms with van der Waals surface area (Å²) < 4.78 is 41.0.